The predicted octanol–water partition coefficient (Wildman–Crippen LogP) is 1.45. The number of ether oxygens (including phenoxy) is 1. The highest BCUT2D eigenvalue weighted by atomic mass is 16.6. The average Bonchev–Trinajstić information content (AvgIpc) is 2.54. The van der Waals surface area contributed by atoms with E-state index >= 15 is 0 Å². The number of aliphatic carboxylic acids is 1. The van der Waals surface area contributed by atoms with Crippen molar-refractivity contribution in [2.75, 3.05) is 0 Å². The lowest BCUT2D eigenvalue weighted by Gasteiger charge is -2.21. The Morgan fingerprint density at radius 1 is 1.12 bits per heavy atom. The van der Waals surface area contributed by atoms with Gasteiger partial charge in [0.25, 0.3) is 0 Å². The monoisotopic (exact) mass is 345 g/mol. The molecule has 0 spiro atoms. The van der Waals surface area contributed by atoms with Crippen LogP contribution in [0.15, 0.2) is 30.3 Å². The van der Waals surface area contributed by atoms with E-state index in [9.17, 15) is 14.7 Å². The summed E-state index contributed by atoms with van der Waals surface area (Å²) in [5, 5.41) is 27.2. The standard InChI is InChI=1S/C16H19N5O4/c1-16(2,3)25-15(24)17-11(14(22)23)9-12-18-20-13(21-19-12)10-7-5-4-6-8-10/h4-8,11H,9H2,1-3H3,(H,17,24)(H,22,23). The molecule has 1 aromatic heterocycles. The van der Waals surface area contributed by atoms with Crippen molar-refractivity contribution in [2.45, 2.75) is 38.8 Å². The van der Waals surface area contributed by atoms with Gasteiger partial charge in [-0.15, -0.1) is 20.4 Å². The number of alkyl carbamates (subject to hydrolysis) is 1. The van der Waals surface area contributed by atoms with Crippen molar-refractivity contribution in [3.8, 4) is 11.4 Å². The van der Waals surface area contributed by atoms with Crippen molar-refractivity contribution in [3.63, 3.8) is 0 Å². The van der Waals surface area contributed by atoms with E-state index in [1.165, 1.54) is 0 Å². The van der Waals surface area contributed by atoms with E-state index in [0.29, 0.717) is 5.82 Å². The maximum atomic E-state index is 11.7. The zero-order chi connectivity index (χ0) is 18.4. The second-order valence-corrected chi connectivity index (χ2v) is 6.25. The molecule has 0 fully saturated rings. The first-order valence-corrected chi connectivity index (χ1v) is 7.58. The maximum absolute atomic E-state index is 11.7. The number of nitrogens with zero attached hydrogens (tertiary/aromatic N) is 4. The smallest absolute Gasteiger partial charge is 0.408 e. The van der Waals surface area contributed by atoms with E-state index in [1.807, 2.05) is 30.3 Å². The Labute approximate surface area is 144 Å². The zero-order valence-electron chi connectivity index (χ0n) is 14.1. The summed E-state index contributed by atoms with van der Waals surface area (Å²) >= 11 is 0. The first-order valence-electron chi connectivity index (χ1n) is 7.58. The lowest BCUT2D eigenvalue weighted by molar-refractivity contribution is -0.139. The molecule has 0 saturated carbocycles. The van der Waals surface area contributed by atoms with Crippen LogP contribution in [0, 0.1) is 0 Å². The fraction of sp³-hybridized carbons (Fsp3) is 0.375. The van der Waals surface area contributed by atoms with Gasteiger partial charge < -0.3 is 15.2 Å². The molecule has 25 heavy (non-hydrogen) atoms. The van der Waals surface area contributed by atoms with Crippen LogP contribution < -0.4 is 5.32 Å². The molecular weight excluding hydrogens is 326 g/mol. The normalized spacial score (nSPS) is 12.3. The number of benzene rings is 1. The number of hydrogen-bond donors (Lipinski definition) is 2. The Kier molecular flexibility index (Phi) is 5.58. The molecule has 0 aliphatic rings. The Morgan fingerprint density at radius 2 is 1.72 bits per heavy atom. The summed E-state index contributed by atoms with van der Waals surface area (Å²) < 4.78 is 5.05. The fourth-order valence-electron chi connectivity index (χ4n) is 1.87. The lowest BCUT2D eigenvalue weighted by Crippen LogP contribution is -2.45. The van der Waals surface area contributed by atoms with Crippen molar-refractivity contribution < 1.29 is 19.4 Å². The first-order chi connectivity index (χ1) is 11.7. The molecule has 2 rings (SSSR count). The van der Waals surface area contributed by atoms with Crippen LogP contribution >= 0.6 is 0 Å². The van der Waals surface area contributed by atoms with Gasteiger partial charge in [-0.3, -0.25) is 0 Å². The van der Waals surface area contributed by atoms with Gasteiger partial charge in [0, 0.05) is 12.0 Å². The Balaban J connectivity index is 2.04. The second-order valence-electron chi connectivity index (χ2n) is 6.25. The molecule has 2 N–H and O–H groups in total. The number of nitrogens with one attached hydrogen (secondary N) is 1. The van der Waals surface area contributed by atoms with Crippen molar-refractivity contribution in [1.82, 2.24) is 25.7 Å². The number of rotatable bonds is 5. The Morgan fingerprint density at radius 3 is 2.24 bits per heavy atom. The number of amides is 1. The molecule has 9 nitrogen and oxygen atoms in total. The summed E-state index contributed by atoms with van der Waals surface area (Å²) in [5.74, 6) is -0.805. The van der Waals surface area contributed by atoms with Gasteiger partial charge in [-0.25, -0.2) is 9.59 Å². The molecule has 1 amide bonds. The molecule has 0 radical (unpaired) electrons. The van der Waals surface area contributed by atoms with Crippen molar-refractivity contribution >= 4 is 12.1 Å². The largest absolute Gasteiger partial charge is 0.480 e. The minimum atomic E-state index is -1.25. The summed E-state index contributed by atoms with van der Waals surface area (Å²) in [6.45, 7) is 5.05. The molecule has 9 heteroatoms. The molecule has 0 aliphatic heterocycles. The third-order valence-electron chi connectivity index (χ3n) is 2.93. The molecule has 132 valence electrons. The maximum Gasteiger partial charge on any atom is 0.408 e. The number of carboxylic acids is 1. The third-order valence-corrected chi connectivity index (χ3v) is 2.93. The molecule has 0 saturated heterocycles. The van der Waals surface area contributed by atoms with E-state index in [0.717, 1.165) is 5.56 Å². The van der Waals surface area contributed by atoms with E-state index in [2.05, 4.69) is 25.7 Å². The van der Waals surface area contributed by atoms with Gasteiger partial charge in [-0.2, -0.15) is 0 Å². The predicted molar refractivity (Wildman–Crippen MR) is 87.6 cm³/mol. The number of hydrogen-bond acceptors (Lipinski definition) is 7. The summed E-state index contributed by atoms with van der Waals surface area (Å²) in [7, 11) is 0. The molecule has 0 bridgehead atoms. The van der Waals surface area contributed by atoms with Crippen LogP contribution in [0.25, 0.3) is 11.4 Å². The molecule has 1 atom stereocenters. The number of carboxylic acid groups (broad SMARTS) is 1. The van der Waals surface area contributed by atoms with Crippen LogP contribution in [0.4, 0.5) is 4.79 Å². The number of carbonyl (C=O) groups is 2. The minimum absolute atomic E-state index is 0.100. The molecule has 2 aromatic rings. The highest BCUT2D eigenvalue weighted by Gasteiger charge is 2.25. The van der Waals surface area contributed by atoms with Gasteiger partial charge in [0.15, 0.2) is 5.82 Å². The zero-order valence-corrected chi connectivity index (χ0v) is 14.1. The topological polar surface area (TPSA) is 127 Å². The quantitative estimate of drug-likeness (QED) is 0.833. The van der Waals surface area contributed by atoms with Gasteiger partial charge in [-0.1, -0.05) is 30.3 Å². The van der Waals surface area contributed by atoms with E-state index < -0.39 is 23.7 Å². The van der Waals surface area contributed by atoms with Crippen LogP contribution in [0.5, 0.6) is 0 Å². The average molecular weight is 345 g/mol. The first kappa shape index (κ1) is 18.2. The Bertz CT molecular complexity index is 728. The summed E-state index contributed by atoms with van der Waals surface area (Å²) in [5.41, 5.74) is 0.0140. The summed E-state index contributed by atoms with van der Waals surface area (Å²) in [6.07, 6.45) is -0.995. The van der Waals surface area contributed by atoms with Crippen molar-refractivity contribution in [3.05, 3.63) is 36.2 Å². The SMILES string of the molecule is CC(C)(C)OC(=O)NC(Cc1nnc(-c2ccccc2)nn1)C(=O)O. The van der Waals surface area contributed by atoms with Crippen molar-refractivity contribution in [2.24, 2.45) is 0 Å². The van der Waals surface area contributed by atoms with Crippen LogP contribution in [0.1, 0.15) is 26.6 Å². The van der Waals surface area contributed by atoms with Crippen LogP contribution in [-0.2, 0) is 16.0 Å². The highest BCUT2D eigenvalue weighted by Crippen LogP contribution is 2.11. The van der Waals surface area contributed by atoms with Gasteiger partial charge in [0.2, 0.25) is 5.82 Å². The molecule has 1 unspecified atom stereocenters. The van der Waals surface area contributed by atoms with Gasteiger partial charge in [0.1, 0.15) is 11.6 Å². The molecule has 1 heterocycles. The third kappa shape index (κ3) is 5.79. The lowest BCUT2D eigenvalue weighted by atomic mass is 10.2. The van der Waals surface area contributed by atoms with Crippen LogP contribution in [0.3, 0.4) is 0 Å². The number of carbonyl (C=O) groups excluding carboxylic acids is 1. The van der Waals surface area contributed by atoms with Crippen molar-refractivity contribution in [1.29, 1.82) is 0 Å². The molecule has 1 aromatic carbocycles. The highest BCUT2D eigenvalue weighted by molar-refractivity contribution is 5.80. The van der Waals surface area contributed by atoms with E-state index in [1.54, 1.807) is 20.8 Å². The van der Waals surface area contributed by atoms with Crippen LogP contribution in [0.2, 0.25) is 0 Å². The van der Waals surface area contributed by atoms with Gasteiger partial charge in [0.05, 0.1) is 0 Å². The van der Waals surface area contributed by atoms with Gasteiger partial charge >= 0.3 is 12.1 Å². The second kappa shape index (κ2) is 7.65. The molecular formula is C16H19N5O4. The van der Waals surface area contributed by atoms with Crippen LogP contribution in [-0.4, -0.2) is 49.2 Å². The van der Waals surface area contributed by atoms with E-state index in [4.69, 9.17) is 4.74 Å². The molecule has 0 aliphatic carbocycles. The summed E-state index contributed by atoms with van der Waals surface area (Å²) in [6, 6.07) is 7.89. The Hall–Kier alpha value is -3.10. The number of aromatic nitrogens is 4. The van der Waals surface area contributed by atoms with E-state index in [-0.39, 0.29) is 12.2 Å². The fourth-order valence-corrected chi connectivity index (χ4v) is 1.87. The summed E-state index contributed by atoms with van der Waals surface area (Å²) in [4.78, 5) is 23.1. The van der Waals surface area contributed by atoms with Gasteiger partial charge in [-0.05, 0) is 20.8 Å². The minimum Gasteiger partial charge on any atom is -0.480 e.